The van der Waals surface area contributed by atoms with E-state index in [0.29, 0.717) is 16.6 Å². The van der Waals surface area contributed by atoms with Gasteiger partial charge in [0.05, 0.1) is 11.7 Å². The van der Waals surface area contributed by atoms with E-state index in [1.54, 1.807) is 24.4 Å². The van der Waals surface area contributed by atoms with Crippen LogP contribution >= 0.6 is 0 Å². The van der Waals surface area contributed by atoms with Crippen molar-refractivity contribution < 1.29 is 14.0 Å². The molecule has 124 valence electrons. The van der Waals surface area contributed by atoms with Crippen LogP contribution in [0.1, 0.15) is 21.1 Å². The Morgan fingerprint density at radius 3 is 2.92 bits per heavy atom. The number of pyridine rings is 1. The monoisotopic (exact) mass is 338 g/mol. The highest BCUT2D eigenvalue weighted by atomic mass is 19.1. The van der Waals surface area contributed by atoms with Crippen LogP contribution in [0.4, 0.5) is 10.1 Å². The fourth-order valence-electron chi connectivity index (χ4n) is 2.62. The number of fused-ring (bicyclic) bond motifs is 2. The lowest BCUT2D eigenvalue weighted by molar-refractivity contribution is 0.0994. The molecule has 0 aliphatic heterocycles. The molecule has 1 aromatic carbocycles. The number of hydrogen-bond donors (Lipinski definition) is 3. The molecule has 8 nitrogen and oxygen atoms in total. The second-order valence-corrected chi connectivity index (χ2v) is 5.34. The number of hydrogen-bond acceptors (Lipinski definition) is 4. The molecule has 0 unspecified atom stereocenters. The highest BCUT2D eigenvalue weighted by molar-refractivity contribution is 6.07. The fraction of sp³-hybridized carbons (Fsp3) is 0. The third-order valence-corrected chi connectivity index (χ3v) is 3.78. The molecular weight excluding hydrogens is 327 g/mol. The van der Waals surface area contributed by atoms with Gasteiger partial charge < -0.3 is 11.1 Å². The summed E-state index contributed by atoms with van der Waals surface area (Å²) in [5, 5.41) is 9.69. The van der Waals surface area contributed by atoms with E-state index in [1.807, 2.05) is 0 Å². The van der Waals surface area contributed by atoms with Crippen molar-refractivity contribution in [1.29, 1.82) is 0 Å². The van der Waals surface area contributed by atoms with Crippen molar-refractivity contribution in [1.82, 2.24) is 19.6 Å². The summed E-state index contributed by atoms with van der Waals surface area (Å²) in [6.07, 6.45) is 2.83. The Bertz CT molecular complexity index is 1150. The molecule has 3 heterocycles. The van der Waals surface area contributed by atoms with Crippen LogP contribution in [-0.4, -0.2) is 31.4 Å². The quantitative estimate of drug-likeness (QED) is 0.527. The lowest BCUT2D eigenvalue weighted by atomic mass is 10.2. The second-order valence-electron chi connectivity index (χ2n) is 5.34. The predicted octanol–water partition coefficient (Wildman–Crippen LogP) is 1.70. The van der Waals surface area contributed by atoms with Crippen molar-refractivity contribution >= 4 is 33.9 Å². The molecule has 25 heavy (non-hydrogen) atoms. The first-order chi connectivity index (χ1) is 12.0. The zero-order chi connectivity index (χ0) is 17.6. The van der Waals surface area contributed by atoms with Crippen molar-refractivity contribution in [2.24, 2.45) is 5.73 Å². The molecule has 0 aliphatic rings. The standard InChI is InChI=1S/C16H11FN6O2/c17-10-2-1-5-23-12(10)7-19-15(23)16(25)20-8-3-4-11-9(6-8)13(14(18)24)22-21-11/h1-7H,(H2,18,24)(H,20,25)(H,21,22). The number of anilines is 1. The highest BCUT2D eigenvalue weighted by Gasteiger charge is 2.16. The van der Waals surface area contributed by atoms with Crippen molar-refractivity contribution in [3.05, 3.63) is 60.1 Å². The number of nitrogens with two attached hydrogens (primary N) is 1. The third-order valence-electron chi connectivity index (χ3n) is 3.78. The molecule has 0 spiro atoms. The first kappa shape index (κ1) is 14.8. The fourth-order valence-corrected chi connectivity index (χ4v) is 2.62. The third kappa shape index (κ3) is 2.38. The van der Waals surface area contributed by atoms with E-state index in [2.05, 4.69) is 20.5 Å². The van der Waals surface area contributed by atoms with Gasteiger partial charge in [0, 0.05) is 17.3 Å². The number of aromatic amines is 1. The van der Waals surface area contributed by atoms with Gasteiger partial charge in [-0.15, -0.1) is 0 Å². The summed E-state index contributed by atoms with van der Waals surface area (Å²) < 4.78 is 15.1. The summed E-state index contributed by atoms with van der Waals surface area (Å²) in [6, 6.07) is 7.65. The van der Waals surface area contributed by atoms with E-state index in [-0.39, 0.29) is 17.0 Å². The van der Waals surface area contributed by atoms with Crippen LogP contribution in [-0.2, 0) is 0 Å². The number of amides is 2. The van der Waals surface area contributed by atoms with E-state index in [0.717, 1.165) is 0 Å². The van der Waals surface area contributed by atoms with Gasteiger partial charge in [0.2, 0.25) is 5.82 Å². The van der Waals surface area contributed by atoms with Crippen LogP contribution < -0.4 is 11.1 Å². The zero-order valence-corrected chi connectivity index (χ0v) is 12.7. The number of nitrogens with zero attached hydrogens (tertiary/aromatic N) is 3. The number of carbonyl (C=O) groups is 2. The Morgan fingerprint density at radius 1 is 1.28 bits per heavy atom. The van der Waals surface area contributed by atoms with Crippen molar-refractivity contribution in [2.75, 3.05) is 5.32 Å². The van der Waals surface area contributed by atoms with E-state index in [4.69, 9.17) is 5.73 Å². The van der Waals surface area contributed by atoms with Crippen LogP contribution in [0, 0.1) is 5.82 Å². The van der Waals surface area contributed by atoms with Gasteiger partial charge in [0.1, 0.15) is 11.3 Å². The Balaban J connectivity index is 1.70. The van der Waals surface area contributed by atoms with E-state index in [9.17, 15) is 14.0 Å². The van der Waals surface area contributed by atoms with E-state index < -0.39 is 17.6 Å². The van der Waals surface area contributed by atoms with Gasteiger partial charge in [0.25, 0.3) is 11.8 Å². The number of H-pyrrole nitrogens is 1. The summed E-state index contributed by atoms with van der Waals surface area (Å²) >= 11 is 0. The molecule has 3 aromatic heterocycles. The van der Waals surface area contributed by atoms with Gasteiger partial charge in [-0.2, -0.15) is 5.10 Å². The maximum Gasteiger partial charge on any atom is 0.292 e. The lowest BCUT2D eigenvalue weighted by Gasteiger charge is -2.05. The van der Waals surface area contributed by atoms with E-state index >= 15 is 0 Å². The van der Waals surface area contributed by atoms with Crippen LogP contribution in [0.5, 0.6) is 0 Å². The minimum atomic E-state index is -0.676. The van der Waals surface area contributed by atoms with Gasteiger partial charge in [-0.3, -0.25) is 19.1 Å². The van der Waals surface area contributed by atoms with Gasteiger partial charge >= 0.3 is 0 Å². The highest BCUT2D eigenvalue weighted by Crippen LogP contribution is 2.21. The average molecular weight is 338 g/mol. The molecule has 0 aliphatic carbocycles. The van der Waals surface area contributed by atoms with Crippen LogP contribution in [0.15, 0.2) is 42.7 Å². The first-order valence-corrected chi connectivity index (χ1v) is 7.25. The summed E-state index contributed by atoms with van der Waals surface area (Å²) in [5.41, 5.74) is 6.59. The molecular formula is C16H11FN6O2. The van der Waals surface area contributed by atoms with Crippen molar-refractivity contribution in [3.63, 3.8) is 0 Å². The second kappa shape index (κ2) is 5.41. The van der Waals surface area contributed by atoms with E-state index in [1.165, 1.54) is 22.7 Å². The topological polar surface area (TPSA) is 118 Å². The minimum Gasteiger partial charge on any atom is -0.364 e. The summed E-state index contributed by atoms with van der Waals surface area (Å²) in [6.45, 7) is 0. The van der Waals surface area contributed by atoms with Crippen LogP contribution in [0.25, 0.3) is 16.4 Å². The Kier molecular flexibility index (Phi) is 3.21. The molecule has 0 radical (unpaired) electrons. The first-order valence-electron chi connectivity index (χ1n) is 7.25. The number of imidazole rings is 1. The molecule has 0 saturated heterocycles. The molecule has 0 fully saturated rings. The smallest absolute Gasteiger partial charge is 0.292 e. The predicted molar refractivity (Wildman–Crippen MR) is 87.7 cm³/mol. The number of carbonyl (C=O) groups excluding carboxylic acids is 2. The summed E-state index contributed by atoms with van der Waals surface area (Å²) in [7, 11) is 0. The van der Waals surface area contributed by atoms with Crippen molar-refractivity contribution in [2.45, 2.75) is 0 Å². The van der Waals surface area contributed by atoms with Gasteiger partial charge in [0.15, 0.2) is 5.69 Å². The minimum absolute atomic E-state index is 0.0388. The molecule has 2 amide bonds. The number of rotatable bonds is 3. The van der Waals surface area contributed by atoms with Gasteiger partial charge in [-0.05, 0) is 30.3 Å². The maximum atomic E-state index is 13.7. The molecule has 0 saturated carbocycles. The van der Waals surface area contributed by atoms with Crippen LogP contribution in [0.2, 0.25) is 0 Å². The van der Waals surface area contributed by atoms with Crippen LogP contribution in [0.3, 0.4) is 0 Å². The summed E-state index contributed by atoms with van der Waals surface area (Å²) in [4.78, 5) is 27.8. The number of benzene rings is 1. The number of aromatic nitrogens is 4. The maximum absolute atomic E-state index is 13.7. The molecule has 0 atom stereocenters. The number of nitrogens with one attached hydrogen (secondary N) is 2. The SMILES string of the molecule is NC(=O)c1n[nH]c2ccc(NC(=O)c3ncc4c(F)cccn34)cc12. The Labute approximate surface area is 139 Å². The summed E-state index contributed by atoms with van der Waals surface area (Å²) in [5.74, 6) is -1.63. The molecule has 9 heteroatoms. The number of halogens is 1. The van der Waals surface area contributed by atoms with Gasteiger partial charge in [-0.1, -0.05) is 0 Å². The Morgan fingerprint density at radius 2 is 2.12 bits per heavy atom. The van der Waals surface area contributed by atoms with Crippen molar-refractivity contribution in [3.8, 4) is 0 Å². The Hall–Kier alpha value is -3.75. The molecule has 4 N–H and O–H groups in total. The lowest BCUT2D eigenvalue weighted by Crippen LogP contribution is -2.16. The molecule has 0 bridgehead atoms. The molecule has 4 rings (SSSR count). The number of primary amides is 1. The average Bonchev–Trinajstić information content (AvgIpc) is 3.19. The normalized spacial score (nSPS) is 11.1. The van der Waals surface area contributed by atoms with Gasteiger partial charge in [-0.25, -0.2) is 9.37 Å². The largest absolute Gasteiger partial charge is 0.364 e. The molecule has 4 aromatic rings. The zero-order valence-electron chi connectivity index (χ0n) is 12.7.